The molecule has 1 N–H and O–H groups in total. The lowest BCUT2D eigenvalue weighted by Crippen LogP contribution is -2.34. The van der Waals surface area contributed by atoms with Crippen molar-refractivity contribution >= 4 is 11.9 Å². The van der Waals surface area contributed by atoms with Crippen molar-refractivity contribution in [3.05, 3.63) is 0 Å². The molecule has 0 spiro atoms. The van der Waals surface area contributed by atoms with Crippen LogP contribution in [0.3, 0.4) is 0 Å². The van der Waals surface area contributed by atoms with E-state index >= 15 is 0 Å². The van der Waals surface area contributed by atoms with E-state index in [1.165, 1.54) is 0 Å². The maximum Gasteiger partial charge on any atom is 0.377 e. The summed E-state index contributed by atoms with van der Waals surface area (Å²) in [6.07, 6.45) is 0.587. The van der Waals surface area contributed by atoms with Gasteiger partial charge in [0.15, 0.2) is 0 Å². The average Bonchev–Trinajstić information content (AvgIpc) is 2.27. The number of carboxylic acid groups (broad SMARTS) is 1. The second-order valence-electron chi connectivity index (χ2n) is 4.44. The zero-order valence-electron chi connectivity index (χ0n) is 10.7. The van der Waals surface area contributed by atoms with Crippen LogP contribution in [0.2, 0.25) is 0 Å². The first kappa shape index (κ1) is 16.8. The first-order valence-electron chi connectivity index (χ1n) is 5.49. The average molecular weight is 268 g/mol. The number of ether oxygens (including phenoxy) is 2. The van der Waals surface area contributed by atoms with E-state index in [-0.39, 0.29) is 13.2 Å². The first-order chi connectivity index (χ1) is 8.13. The number of carboxylic acids is 1. The van der Waals surface area contributed by atoms with Gasteiger partial charge in [0.05, 0.1) is 12.0 Å². The van der Waals surface area contributed by atoms with Crippen molar-refractivity contribution in [3.63, 3.8) is 0 Å². The van der Waals surface area contributed by atoms with Crippen LogP contribution >= 0.6 is 0 Å². The van der Waals surface area contributed by atoms with Crippen molar-refractivity contribution in [2.75, 3.05) is 19.8 Å². The lowest BCUT2D eigenvalue weighted by molar-refractivity contribution is -0.175. The SMILES string of the molecule is CCC(C)(C)C(=O)OCCOCC(F)(F)C(=O)O. The molecule has 0 saturated heterocycles. The minimum Gasteiger partial charge on any atom is -0.477 e. The molecule has 0 atom stereocenters. The molecule has 0 rings (SSSR count). The molecule has 0 heterocycles. The highest BCUT2D eigenvalue weighted by Gasteiger charge is 2.39. The lowest BCUT2D eigenvalue weighted by Gasteiger charge is -2.20. The number of rotatable bonds is 8. The fraction of sp³-hybridized carbons (Fsp3) is 0.818. The van der Waals surface area contributed by atoms with E-state index in [1.54, 1.807) is 13.8 Å². The summed E-state index contributed by atoms with van der Waals surface area (Å²) in [5, 5.41) is 8.11. The van der Waals surface area contributed by atoms with Gasteiger partial charge in [0.25, 0.3) is 0 Å². The number of aliphatic carboxylic acids is 1. The van der Waals surface area contributed by atoms with E-state index in [2.05, 4.69) is 4.74 Å². The zero-order valence-corrected chi connectivity index (χ0v) is 10.7. The largest absolute Gasteiger partial charge is 0.477 e. The molecule has 0 aliphatic rings. The molecule has 0 aromatic rings. The van der Waals surface area contributed by atoms with Crippen molar-refractivity contribution in [2.24, 2.45) is 5.41 Å². The third-order valence-corrected chi connectivity index (χ3v) is 2.49. The molecule has 0 fully saturated rings. The van der Waals surface area contributed by atoms with Gasteiger partial charge in [-0.05, 0) is 20.3 Å². The number of carbonyl (C=O) groups is 2. The summed E-state index contributed by atoms with van der Waals surface area (Å²) in [5.41, 5.74) is -0.634. The maximum absolute atomic E-state index is 12.5. The molecule has 0 aliphatic heterocycles. The Kier molecular flexibility index (Phi) is 6.17. The predicted octanol–water partition coefficient (Wildman–Crippen LogP) is 1.70. The van der Waals surface area contributed by atoms with Gasteiger partial charge < -0.3 is 14.6 Å². The summed E-state index contributed by atoms with van der Waals surface area (Å²) in [4.78, 5) is 21.5. The monoisotopic (exact) mass is 268 g/mol. The molecule has 0 amide bonds. The molecule has 0 unspecified atom stereocenters. The van der Waals surface area contributed by atoms with Crippen LogP contribution in [0, 0.1) is 5.41 Å². The van der Waals surface area contributed by atoms with Crippen LogP contribution in [0.1, 0.15) is 27.2 Å². The van der Waals surface area contributed by atoms with E-state index in [0.29, 0.717) is 6.42 Å². The van der Waals surface area contributed by atoms with Crippen molar-refractivity contribution in [2.45, 2.75) is 33.1 Å². The molecule has 106 valence electrons. The van der Waals surface area contributed by atoms with Crippen LogP contribution in [0.5, 0.6) is 0 Å². The van der Waals surface area contributed by atoms with Crippen LogP contribution in [0.25, 0.3) is 0 Å². The third kappa shape index (κ3) is 5.39. The number of hydrogen-bond donors (Lipinski definition) is 1. The summed E-state index contributed by atoms with van der Waals surface area (Å²) in [6, 6.07) is 0. The van der Waals surface area contributed by atoms with Crippen molar-refractivity contribution in [3.8, 4) is 0 Å². The highest BCUT2D eigenvalue weighted by molar-refractivity contribution is 5.76. The van der Waals surface area contributed by atoms with Crippen molar-refractivity contribution < 1.29 is 33.0 Å². The Labute approximate surface area is 104 Å². The molecular formula is C11H18F2O5. The molecule has 0 aromatic carbocycles. The molecule has 0 aromatic heterocycles. The Balaban J connectivity index is 3.83. The highest BCUT2D eigenvalue weighted by atomic mass is 19.3. The molecule has 7 heteroatoms. The smallest absolute Gasteiger partial charge is 0.377 e. The van der Waals surface area contributed by atoms with Gasteiger partial charge in [-0.1, -0.05) is 6.92 Å². The summed E-state index contributed by atoms with van der Waals surface area (Å²) >= 11 is 0. The number of esters is 1. The summed E-state index contributed by atoms with van der Waals surface area (Å²) in [6.45, 7) is 3.54. The first-order valence-corrected chi connectivity index (χ1v) is 5.49. The van der Waals surface area contributed by atoms with E-state index in [1.807, 2.05) is 6.92 Å². The van der Waals surface area contributed by atoms with E-state index in [4.69, 9.17) is 9.84 Å². The molecule has 5 nitrogen and oxygen atoms in total. The van der Waals surface area contributed by atoms with Crippen molar-refractivity contribution in [1.82, 2.24) is 0 Å². The Morgan fingerprint density at radius 2 is 1.78 bits per heavy atom. The van der Waals surface area contributed by atoms with Crippen LogP contribution in [0.15, 0.2) is 0 Å². The maximum atomic E-state index is 12.5. The fourth-order valence-corrected chi connectivity index (χ4v) is 0.795. The summed E-state index contributed by atoms with van der Waals surface area (Å²) in [5.74, 6) is -6.61. The van der Waals surface area contributed by atoms with Gasteiger partial charge in [-0.25, -0.2) is 4.79 Å². The molecule has 18 heavy (non-hydrogen) atoms. The summed E-state index contributed by atoms with van der Waals surface area (Å²) in [7, 11) is 0. The van der Waals surface area contributed by atoms with Gasteiger partial charge >= 0.3 is 17.9 Å². The minimum absolute atomic E-state index is 0.183. The number of halogens is 2. The molecular weight excluding hydrogens is 250 g/mol. The standard InChI is InChI=1S/C11H18F2O5/c1-4-10(2,3)9(16)18-6-5-17-7-11(12,13)8(14)15/h4-7H2,1-3H3,(H,14,15). The van der Waals surface area contributed by atoms with Crippen molar-refractivity contribution in [1.29, 1.82) is 0 Å². The van der Waals surface area contributed by atoms with Gasteiger partial charge in [0.2, 0.25) is 0 Å². The predicted molar refractivity (Wildman–Crippen MR) is 58.4 cm³/mol. The second kappa shape index (κ2) is 6.63. The topological polar surface area (TPSA) is 72.8 Å². The number of alkyl halides is 2. The quantitative estimate of drug-likeness (QED) is 0.536. The van der Waals surface area contributed by atoms with E-state index in [0.717, 1.165) is 0 Å². The molecule has 0 radical (unpaired) electrons. The molecule has 0 bridgehead atoms. The lowest BCUT2D eigenvalue weighted by atomic mass is 9.91. The van der Waals surface area contributed by atoms with Crippen LogP contribution in [-0.2, 0) is 19.1 Å². The fourth-order valence-electron chi connectivity index (χ4n) is 0.795. The number of hydrogen-bond acceptors (Lipinski definition) is 4. The molecule has 0 saturated carbocycles. The second-order valence-corrected chi connectivity index (χ2v) is 4.44. The van der Waals surface area contributed by atoms with E-state index < -0.39 is 29.9 Å². The normalized spacial score (nSPS) is 12.3. The van der Waals surface area contributed by atoms with Gasteiger partial charge in [-0.2, -0.15) is 8.78 Å². The Bertz CT molecular complexity index is 302. The van der Waals surface area contributed by atoms with Gasteiger partial charge in [-0.3, -0.25) is 4.79 Å². The van der Waals surface area contributed by atoms with Gasteiger partial charge in [0.1, 0.15) is 13.2 Å². The highest BCUT2D eigenvalue weighted by Crippen LogP contribution is 2.21. The zero-order chi connectivity index (χ0) is 14.4. The Morgan fingerprint density at radius 3 is 2.22 bits per heavy atom. The van der Waals surface area contributed by atoms with Gasteiger partial charge in [0, 0.05) is 0 Å². The van der Waals surface area contributed by atoms with E-state index in [9.17, 15) is 18.4 Å². The number of carbonyl (C=O) groups excluding carboxylic acids is 1. The van der Waals surface area contributed by atoms with Crippen LogP contribution in [-0.4, -0.2) is 42.8 Å². The van der Waals surface area contributed by atoms with Crippen LogP contribution < -0.4 is 0 Å². The van der Waals surface area contributed by atoms with Crippen LogP contribution in [0.4, 0.5) is 8.78 Å². The minimum atomic E-state index is -3.92. The molecule has 0 aliphatic carbocycles. The third-order valence-electron chi connectivity index (χ3n) is 2.49. The Hall–Kier alpha value is -1.24. The summed E-state index contributed by atoms with van der Waals surface area (Å²) < 4.78 is 34.4. The Morgan fingerprint density at radius 1 is 1.22 bits per heavy atom. The van der Waals surface area contributed by atoms with Gasteiger partial charge in [-0.15, -0.1) is 0 Å².